The second-order valence-corrected chi connectivity index (χ2v) is 3.21. The van der Waals surface area contributed by atoms with E-state index in [9.17, 15) is 14.9 Å². The predicted molar refractivity (Wildman–Crippen MR) is 67.1 cm³/mol. The second kappa shape index (κ2) is 6.69. The lowest BCUT2D eigenvalue weighted by Crippen LogP contribution is -2.28. The van der Waals surface area contributed by atoms with Gasteiger partial charge in [-0.1, -0.05) is 12.1 Å². The molecule has 9 heteroatoms. The molecule has 9 nitrogen and oxygen atoms in total. The molecular formula is C10H11N5O4. The molecule has 0 radical (unpaired) electrons. The summed E-state index contributed by atoms with van der Waals surface area (Å²) in [6.07, 6.45) is 1.36. The fraction of sp³-hybridized carbons (Fsp3) is 0.100. The Morgan fingerprint density at radius 1 is 1.47 bits per heavy atom. The molecule has 1 rings (SSSR count). The van der Waals surface area contributed by atoms with E-state index in [1.807, 2.05) is 0 Å². The van der Waals surface area contributed by atoms with Crippen molar-refractivity contribution in [2.75, 3.05) is 7.11 Å². The van der Waals surface area contributed by atoms with E-state index in [1.165, 1.54) is 13.3 Å². The zero-order chi connectivity index (χ0) is 14.3. The van der Waals surface area contributed by atoms with Crippen molar-refractivity contribution in [3.8, 4) is 0 Å². The van der Waals surface area contributed by atoms with Crippen LogP contribution in [-0.2, 0) is 4.74 Å². The van der Waals surface area contributed by atoms with Crippen molar-refractivity contribution in [1.82, 2.24) is 5.43 Å². The Balaban J connectivity index is 2.63. The molecule has 0 aromatic heterocycles. The largest absolute Gasteiger partial charge is 0.465 e. The van der Waals surface area contributed by atoms with Crippen molar-refractivity contribution in [3.63, 3.8) is 0 Å². The lowest BCUT2D eigenvalue weighted by atomic mass is 10.1. The quantitative estimate of drug-likeness (QED) is 0.257. The topological polar surface area (TPSA) is 132 Å². The van der Waals surface area contributed by atoms with E-state index in [0.29, 0.717) is 11.1 Å². The van der Waals surface area contributed by atoms with Crippen LogP contribution < -0.4 is 11.2 Å². The summed E-state index contributed by atoms with van der Waals surface area (Å²) < 4.78 is 4.54. The summed E-state index contributed by atoms with van der Waals surface area (Å²) in [4.78, 5) is 21.1. The predicted octanol–water partition coefficient (Wildman–Crippen LogP) is -0.0969. The van der Waals surface area contributed by atoms with Gasteiger partial charge in [0.1, 0.15) is 5.10 Å². The van der Waals surface area contributed by atoms with E-state index in [2.05, 4.69) is 20.4 Å². The lowest BCUT2D eigenvalue weighted by molar-refractivity contribution is -0.485. The second-order valence-electron chi connectivity index (χ2n) is 3.21. The van der Waals surface area contributed by atoms with Crippen LogP contribution in [0.3, 0.4) is 0 Å². The highest BCUT2D eigenvalue weighted by Gasteiger charge is 2.03. The van der Waals surface area contributed by atoms with E-state index in [4.69, 9.17) is 5.73 Å². The lowest BCUT2D eigenvalue weighted by Gasteiger charge is -1.99. The third-order valence-corrected chi connectivity index (χ3v) is 1.91. The van der Waals surface area contributed by atoms with Gasteiger partial charge in [0.05, 0.1) is 18.9 Å². The molecule has 100 valence electrons. The highest BCUT2D eigenvalue weighted by Crippen LogP contribution is 2.03. The Morgan fingerprint density at radius 3 is 2.63 bits per heavy atom. The highest BCUT2D eigenvalue weighted by molar-refractivity contribution is 5.90. The molecule has 0 spiro atoms. The molecule has 0 saturated heterocycles. The first-order valence-corrected chi connectivity index (χ1v) is 4.99. The molecular weight excluding hydrogens is 254 g/mol. The van der Waals surface area contributed by atoms with Gasteiger partial charge in [0.15, 0.2) is 5.03 Å². The number of guanidine groups is 1. The Hall–Kier alpha value is -2.97. The van der Waals surface area contributed by atoms with Crippen LogP contribution in [0.1, 0.15) is 15.9 Å². The SMILES string of the molecule is COC(=O)c1ccc(C=NNC(N)=N[N+](=O)[O-])cc1. The number of hydrogen-bond donors (Lipinski definition) is 2. The number of nitrogens with one attached hydrogen (secondary N) is 1. The maximum absolute atomic E-state index is 11.2. The minimum Gasteiger partial charge on any atom is -0.465 e. The van der Waals surface area contributed by atoms with Crippen molar-refractivity contribution >= 4 is 18.1 Å². The Kier molecular flexibility index (Phi) is 4.96. The number of nitrogens with zero attached hydrogens (tertiary/aromatic N) is 3. The molecule has 0 amide bonds. The first-order valence-electron chi connectivity index (χ1n) is 4.99. The van der Waals surface area contributed by atoms with E-state index < -0.39 is 17.0 Å². The van der Waals surface area contributed by atoms with Gasteiger partial charge in [-0.3, -0.25) is 0 Å². The third-order valence-electron chi connectivity index (χ3n) is 1.91. The molecule has 19 heavy (non-hydrogen) atoms. The summed E-state index contributed by atoms with van der Waals surface area (Å²) >= 11 is 0. The summed E-state index contributed by atoms with van der Waals surface area (Å²) in [5.41, 5.74) is 8.38. The Morgan fingerprint density at radius 2 is 2.11 bits per heavy atom. The van der Waals surface area contributed by atoms with Gasteiger partial charge in [0.2, 0.25) is 0 Å². The molecule has 1 aromatic carbocycles. The van der Waals surface area contributed by atoms with Crippen LogP contribution in [-0.4, -0.2) is 30.3 Å². The zero-order valence-corrected chi connectivity index (χ0v) is 9.94. The van der Waals surface area contributed by atoms with Crippen molar-refractivity contribution < 1.29 is 14.6 Å². The van der Waals surface area contributed by atoms with E-state index >= 15 is 0 Å². The van der Waals surface area contributed by atoms with Crippen molar-refractivity contribution in [3.05, 3.63) is 45.5 Å². The third kappa shape index (κ3) is 4.81. The molecule has 0 saturated carbocycles. The smallest absolute Gasteiger partial charge is 0.337 e. The van der Waals surface area contributed by atoms with Gasteiger partial charge in [-0.15, -0.1) is 0 Å². The van der Waals surface area contributed by atoms with Gasteiger partial charge >= 0.3 is 5.97 Å². The maximum Gasteiger partial charge on any atom is 0.337 e. The molecule has 1 aromatic rings. The normalized spacial score (nSPS) is 11.3. The van der Waals surface area contributed by atoms with Gasteiger partial charge in [-0.25, -0.2) is 20.3 Å². The minimum atomic E-state index is -0.941. The number of methoxy groups -OCH3 is 1. The molecule has 0 atom stereocenters. The summed E-state index contributed by atoms with van der Waals surface area (Å²) in [5.74, 6) is -0.878. The molecule has 0 aliphatic heterocycles. The van der Waals surface area contributed by atoms with Crippen LogP contribution in [0.25, 0.3) is 0 Å². The molecule has 0 fully saturated rings. The van der Waals surface area contributed by atoms with Crippen LogP contribution in [0.15, 0.2) is 34.5 Å². The summed E-state index contributed by atoms with van der Waals surface area (Å²) in [5, 5.41) is 15.5. The van der Waals surface area contributed by atoms with Gasteiger partial charge in [0.25, 0.3) is 5.96 Å². The van der Waals surface area contributed by atoms with Crippen LogP contribution in [0.4, 0.5) is 0 Å². The molecule has 0 heterocycles. The standard InChI is InChI=1S/C10H11N5O4/c1-19-9(16)8-4-2-7(3-5-8)6-12-13-10(11)14-15(17)18/h2-6H,1H3,(H3,11,13,14). The number of nitrogens with two attached hydrogens (primary N) is 1. The minimum absolute atomic E-state index is 0.405. The molecule has 0 bridgehead atoms. The summed E-state index contributed by atoms with van der Waals surface area (Å²) in [6, 6.07) is 6.36. The van der Waals surface area contributed by atoms with Crippen molar-refractivity contribution in [1.29, 1.82) is 0 Å². The Bertz CT molecular complexity index is 523. The monoisotopic (exact) mass is 265 g/mol. The van der Waals surface area contributed by atoms with Gasteiger partial charge < -0.3 is 10.5 Å². The number of hydrogen-bond acceptors (Lipinski definition) is 5. The number of benzene rings is 1. The van der Waals surface area contributed by atoms with E-state index in [1.54, 1.807) is 24.3 Å². The van der Waals surface area contributed by atoms with Gasteiger partial charge in [-0.2, -0.15) is 5.10 Å². The van der Waals surface area contributed by atoms with Crippen molar-refractivity contribution in [2.24, 2.45) is 15.9 Å². The number of rotatable bonds is 4. The van der Waals surface area contributed by atoms with Crippen LogP contribution in [0, 0.1) is 10.1 Å². The van der Waals surface area contributed by atoms with Crippen molar-refractivity contribution in [2.45, 2.75) is 0 Å². The summed E-state index contributed by atoms with van der Waals surface area (Å²) in [6.45, 7) is 0. The first kappa shape index (κ1) is 14.1. The van der Waals surface area contributed by atoms with Gasteiger partial charge in [0, 0.05) is 0 Å². The number of carbonyl (C=O) groups excluding carboxylic acids is 1. The zero-order valence-electron chi connectivity index (χ0n) is 9.94. The molecule has 0 unspecified atom stereocenters. The van der Waals surface area contributed by atoms with E-state index in [0.717, 1.165) is 0 Å². The number of hydrazone groups is 2. The van der Waals surface area contributed by atoms with Crippen LogP contribution >= 0.6 is 0 Å². The van der Waals surface area contributed by atoms with Crippen LogP contribution in [0.5, 0.6) is 0 Å². The summed E-state index contributed by atoms with van der Waals surface area (Å²) in [7, 11) is 1.29. The average Bonchev–Trinajstić information content (AvgIpc) is 2.37. The molecule has 0 aliphatic rings. The fourth-order valence-electron chi connectivity index (χ4n) is 1.11. The van der Waals surface area contributed by atoms with E-state index in [-0.39, 0.29) is 0 Å². The highest BCUT2D eigenvalue weighted by atomic mass is 16.7. The number of carbonyl (C=O) groups is 1. The average molecular weight is 265 g/mol. The number of nitro groups is 1. The van der Waals surface area contributed by atoms with Gasteiger partial charge in [-0.05, 0) is 17.7 Å². The maximum atomic E-state index is 11.2. The number of esters is 1. The Labute approximate surface area is 107 Å². The van der Waals surface area contributed by atoms with Crippen LogP contribution in [0.2, 0.25) is 0 Å². The molecule has 3 N–H and O–H groups in total. The molecule has 0 aliphatic carbocycles. The number of ether oxygens (including phenoxy) is 1. The fourth-order valence-corrected chi connectivity index (χ4v) is 1.11. The first-order chi connectivity index (χ1) is 9.02.